The lowest BCUT2D eigenvalue weighted by molar-refractivity contribution is -0.100. The third-order valence-electron chi connectivity index (χ3n) is 1.96. The lowest BCUT2D eigenvalue weighted by atomic mass is 9.89. The van der Waals surface area contributed by atoms with E-state index in [1.165, 1.54) is 0 Å². The molecule has 0 aromatic heterocycles. The van der Waals surface area contributed by atoms with Crippen LogP contribution in [0.15, 0.2) is 0 Å². The van der Waals surface area contributed by atoms with Crippen LogP contribution in [0.1, 0.15) is 33.6 Å². The maximum absolute atomic E-state index is 10.5. The molecule has 0 aliphatic heterocycles. The summed E-state index contributed by atoms with van der Waals surface area (Å²) in [6.45, 7) is 6.09. The van der Waals surface area contributed by atoms with Gasteiger partial charge in [-0.05, 0) is 33.6 Å². The van der Waals surface area contributed by atoms with Gasteiger partial charge in [0, 0.05) is 6.04 Å². The van der Waals surface area contributed by atoms with E-state index < -0.39 is 6.03 Å². The molecule has 1 rings (SSSR count). The van der Waals surface area contributed by atoms with E-state index in [2.05, 4.69) is 5.32 Å². The highest BCUT2D eigenvalue weighted by atomic mass is 16.5. The number of carbonyl (C=O) groups excluding carboxylic acids is 1. The van der Waals surface area contributed by atoms with Crippen molar-refractivity contribution in [3.8, 4) is 0 Å². The fraction of sp³-hybridized carbons (Fsp3) is 0.889. The zero-order chi connectivity index (χ0) is 10.1. The molecule has 4 heteroatoms. The number of nitrogens with one attached hydrogen (secondary N) is 1. The Hall–Kier alpha value is -0.770. The van der Waals surface area contributed by atoms with Crippen LogP contribution in [0.3, 0.4) is 0 Å². The largest absolute Gasteiger partial charge is 0.372 e. The highest BCUT2D eigenvalue weighted by Gasteiger charge is 2.33. The van der Waals surface area contributed by atoms with Gasteiger partial charge in [-0.2, -0.15) is 0 Å². The second-order valence-corrected chi connectivity index (χ2v) is 4.53. The van der Waals surface area contributed by atoms with Crippen molar-refractivity contribution in [2.75, 3.05) is 0 Å². The molecule has 4 nitrogen and oxygen atoms in total. The summed E-state index contributed by atoms with van der Waals surface area (Å²) < 4.78 is 5.69. The highest BCUT2D eigenvalue weighted by Crippen LogP contribution is 2.27. The van der Waals surface area contributed by atoms with E-state index in [0.717, 1.165) is 12.8 Å². The van der Waals surface area contributed by atoms with Crippen LogP contribution in [0.2, 0.25) is 0 Å². The molecule has 0 spiro atoms. The minimum Gasteiger partial charge on any atom is -0.372 e. The monoisotopic (exact) mass is 186 g/mol. The third-order valence-corrected chi connectivity index (χ3v) is 1.96. The van der Waals surface area contributed by atoms with Crippen LogP contribution in [0.5, 0.6) is 0 Å². The van der Waals surface area contributed by atoms with Gasteiger partial charge in [-0.3, -0.25) is 0 Å². The molecular formula is C9H18N2O2. The molecular weight excluding hydrogens is 168 g/mol. The number of nitrogens with two attached hydrogens (primary N) is 1. The maximum Gasteiger partial charge on any atom is 0.312 e. The van der Waals surface area contributed by atoms with Gasteiger partial charge in [-0.1, -0.05) is 0 Å². The molecule has 0 atom stereocenters. The van der Waals surface area contributed by atoms with Crippen LogP contribution < -0.4 is 11.1 Å². The Morgan fingerprint density at radius 2 is 2.00 bits per heavy atom. The first-order valence-electron chi connectivity index (χ1n) is 4.60. The number of hydrogen-bond acceptors (Lipinski definition) is 2. The third kappa shape index (κ3) is 3.63. The number of hydrogen-bond donors (Lipinski definition) is 2. The van der Waals surface area contributed by atoms with Crippen LogP contribution in [0, 0.1) is 0 Å². The minimum atomic E-state index is -0.445. The van der Waals surface area contributed by atoms with Gasteiger partial charge in [-0.15, -0.1) is 0 Å². The van der Waals surface area contributed by atoms with Gasteiger partial charge >= 0.3 is 6.03 Å². The van der Waals surface area contributed by atoms with Crippen LogP contribution in [-0.2, 0) is 4.74 Å². The first-order valence-corrected chi connectivity index (χ1v) is 4.60. The summed E-state index contributed by atoms with van der Waals surface area (Å²) in [7, 11) is 0. The summed E-state index contributed by atoms with van der Waals surface area (Å²) in [5.74, 6) is 0. The average Bonchev–Trinajstić information content (AvgIpc) is 1.78. The summed E-state index contributed by atoms with van der Waals surface area (Å²) in [5.41, 5.74) is 4.89. The summed E-state index contributed by atoms with van der Waals surface area (Å²) >= 11 is 0. The zero-order valence-electron chi connectivity index (χ0n) is 8.46. The molecule has 0 radical (unpaired) electrons. The van der Waals surface area contributed by atoms with Crippen LogP contribution in [0.25, 0.3) is 0 Å². The molecule has 2 amide bonds. The molecule has 13 heavy (non-hydrogen) atoms. The number of carbonyl (C=O) groups is 1. The molecule has 0 heterocycles. The van der Waals surface area contributed by atoms with Crippen molar-refractivity contribution in [1.29, 1.82) is 0 Å². The molecule has 0 bridgehead atoms. The quantitative estimate of drug-likeness (QED) is 0.675. The molecule has 0 saturated heterocycles. The predicted molar refractivity (Wildman–Crippen MR) is 50.4 cm³/mol. The Morgan fingerprint density at radius 1 is 1.46 bits per heavy atom. The Kier molecular flexibility index (Phi) is 2.81. The molecule has 1 aliphatic rings. The van der Waals surface area contributed by atoms with Crippen molar-refractivity contribution < 1.29 is 9.53 Å². The predicted octanol–water partition coefficient (Wildman–Crippen LogP) is 1.00. The standard InChI is InChI=1S/C9H18N2O2/c1-9(2,3)13-7-4-6(5-7)11-8(10)12/h6-7H,4-5H2,1-3H3,(H3,10,11,12). The Balaban J connectivity index is 2.15. The molecule has 0 unspecified atom stereocenters. The van der Waals surface area contributed by atoms with E-state index in [0.29, 0.717) is 0 Å². The number of primary amides is 1. The van der Waals surface area contributed by atoms with E-state index in [1.54, 1.807) is 0 Å². The zero-order valence-corrected chi connectivity index (χ0v) is 8.46. The Labute approximate surface area is 78.8 Å². The molecule has 1 saturated carbocycles. The van der Waals surface area contributed by atoms with Crippen molar-refractivity contribution in [3.63, 3.8) is 0 Å². The van der Waals surface area contributed by atoms with E-state index >= 15 is 0 Å². The second-order valence-electron chi connectivity index (χ2n) is 4.53. The lowest BCUT2D eigenvalue weighted by Gasteiger charge is -2.39. The summed E-state index contributed by atoms with van der Waals surface area (Å²) in [5, 5.41) is 2.65. The van der Waals surface area contributed by atoms with Crippen LogP contribution in [0.4, 0.5) is 4.79 Å². The molecule has 0 aromatic rings. The van der Waals surface area contributed by atoms with E-state index in [-0.39, 0.29) is 17.7 Å². The Morgan fingerprint density at radius 3 is 2.38 bits per heavy atom. The van der Waals surface area contributed by atoms with Crippen LogP contribution in [-0.4, -0.2) is 23.8 Å². The minimum absolute atomic E-state index is 0.0949. The van der Waals surface area contributed by atoms with Gasteiger partial charge in [0.2, 0.25) is 0 Å². The smallest absolute Gasteiger partial charge is 0.312 e. The first kappa shape index (κ1) is 10.3. The molecule has 0 aromatic carbocycles. The van der Waals surface area contributed by atoms with Gasteiger partial charge < -0.3 is 15.8 Å². The lowest BCUT2D eigenvalue weighted by Crippen LogP contribution is -2.51. The SMILES string of the molecule is CC(C)(C)OC1CC(NC(N)=O)C1. The van der Waals surface area contributed by atoms with Gasteiger partial charge in [-0.25, -0.2) is 4.79 Å². The molecule has 1 fully saturated rings. The van der Waals surface area contributed by atoms with E-state index in [1.807, 2.05) is 20.8 Å². The fourth-order valence-electron chi connectivity index (χ4n) is 1.48. The van der Waals surface area contributed by atoms with E-state index in [9.17, 15) is 4.79 Å². The molecule has 3 N–H and O–H groups in total. The van der Waals surface area contributed by atoms with Crippen molar-refractivity contribution >= 4 is 6.03 Å². The van der Waals surface area contributed by atoms with Gasteiger partial charge in [0.05, 0.1) is 11.7 Å². The number of ether oxygens (including phenoxy) is 1. The summed E-state index contributed by atoms with van der Waals surface area (Å²) in [6, 6.07) is -0.232. The average molecular weight is 186 g/mol. The van der Waals surface area contributed by atoms with Gasteiger partial charge in [0.1, 0.15) is 0 Å². The van der Waals surface area contributed by atoms with Crippen molar-refractivity contribution in [2.45, 2.75) is 51.4 Å². The number of amides is 2. The summed E-state index contributed by atoms with van der Waals surface area (Å²) in [4.78, 5) is 10.5. The number of rotatable bonds is 2. The topological polar surface area (TPSA) is 64.3 Å². The maximum atomic E-state index is 10.5. The van der Waals surface area contributed by atoms with Crippen molar-refractivity contribution in [2.24, 2.45) is 5.73 Å². The van der Waals surface area contributed by atoms with E-state index in [4.69, 9.17) is 10.5 Å². The second kappa shape index (κ2) is 3.54. The van der Waals surface area contributed by atoms with Gasteiger partial charge in [0.25, 0.3) is 0 Å². The van der Waals surface area contributed by atoms with Crippen molar-refractivity contribution in [1.82, 2.24) is 5.32 Å². The molecule has 1 aliphatic carbocycles. The highest BCUT2D eigenvalue weighted by molar-refractivity contribution is 5.72. The van der Waals surface area contributed by atoms with Crippen molar-refractivity contribution in [3.05, 3.63) is 0 Å². The normalized spacial score (nSPS) is 27.9. The first-order chi connectivity index (χ1) is 5.87. The fourth-order valence-corrected chi connectivity index (χ4v) is 1.48. The Bertz CT molecular complexity index is 192. The number of urea groups is 1. The molecule has 76 valence electrons. The van der Waals surface area contributed by atoms with Crippen LogP contribution >= 0.6 is 0 Å². The summed E-state index contributed by atoms with van der Waals surface area (Å²) in [6.07, 6.45) is 2.03. The van der Waals surface area contributed by atoms with Gasteiger partial charge in [0.15, 0.2) is 0 Å².